The normalized spacial score (nSPS) is 29.5. The number of halogens is 3. The molecule has 2 aromatic carbocycles. The Morgan fingerprint density at radius 3 is 2.14 bits per heavy atom. The zero-order valence-electron chi connectivity index (χ0n) is 34.9. The van der Waals surface area contributed by atoms with Crippen LogP contribution in [0, 0.1) is 23.5 Å². The first-order valence-electron chi connectivity index (χ1n) is 19.8. The number of fused-ring (bicyclic) bond motifs is 2. The summed E-state index contributed by atoms with van der Waals surface area (Å²) in [6.07, 6.45) is 2.38. The molecule has 5 aliphatic rings. The van der Waals surface area contributed by atoms with Gasteiger partial charge in [0.25, 0.3) is 0 Å². The van der Waals surface area contributed by atoms with Crippen LogP contribution < -0.4 is 11.5 Å². The molecule has 0 aromatic heterocycles. The first-order chi connectivity index (χ1) is 27.3. The quantitative estimate of drug-likeness (QED) is 0.0960. The van der Waals surface area contributed by atoms with E-state index in [2.05, 4.69) is 40.6 Å². The molecule has 0 spiro atoms. The smallest absolute Gasteiger partial charge is 0.418 e. The Morgan fingerprint density at radius 1 is 0.949 bits per heavy atom. The molecule has 6 atom stereocenters. The minimum Gasteiger partial charge on any atom is -0.480 e. The van der Waals surface area contributed by atoms with Crippen molar-refractivity contribution in [2.45, 2.75) is 112 Å². The number of benzene rings is 2. The van der Waals surface area contributed by atoms with Gasteiger partial charge < -0.3 is 30.9 Å². The number of hydrogen-bond donors (Lipinski definition) is 3. The molecule has 5 N–H and O–H groups in total. The Labute approximate surface area is 362 Å². The molecule has 0 radical (unpaired) electrons. The van der Waals surface area contributed by atoms with Crippen LogP contribution in [0.4, 0.5) is 19.3 Å². The number of carboxylic acids is 1. The summed E-state index contributed by atoms with van der Waals surface area (Å²) in [6, 6.07) is 9.94. The van der Waals surface area contributed by atoms with Crippen LogP contribution in [0.2, 0.25) is 25.7 Å². The van der Waals surface area contributed by atoms with Crippen LogP contribution in [0.15, 0.2) is 50.9 Å². The Hall–Kier alpha value is -3.19. The fraction of sp³-hybridized carbons (Fsp3) is 0.585. The minimum atomic E-state index is -1.36. The number of nitrogen functional groups attached to an aromatic ring is 1. The Bertz CT molecular complexity index is 2080. The number of rotatable bonds is 9. The lowest BCUT2D eigenvalue weighted by atomic mass is 9.85. The maximum atomic E-state index is 15.0. The summed E-state index contributed by atoms with van der Waals surface area (Å²) in [7, 11) is -1.36. The highest BCUT2D eigenvalue weighted by Crippen LogP contribution is 2.68. The van der Waals surface area contributed by atoms with Crippen molar-refractivity contribution in [3.63, 3.8) is 0 Å². The zero-order valence-corrected chi connectivity index (χ0v) is 39.1. The van der Waals surface area contributed by atoms with Gasteiger partial charge in [0.2, 0.25) is 5.91 Å². The van der Waals surface area contributed by atoms with Crippen molar-refractivity contribution in [2.24, 2.45) is 27.6 Å². The first kappa shape index (κ1) is 45.3. The number of carbonyl (C=O) groups excluding carboxylic acids is 2. The average Bonchev–Trinajstić information content (AvgIpc) is 4.00. The van der Waals surface area contributed by atoms with Crippen molar-refractivity contribution in [3.8, 4) is 0 Å². The van der Waals surface area contributed by atoms with E-state index in [0.717, 1.165) is 43.7 Å². The van der Waals surface area contributed by atoms with Crippen molar-refractivity contribution in [1.29, 1.82) is 0 Å². The third-order valence-corrected chi connectivity index (χ3v) is 16.6. The molecule has 1 saturated heterocycles. The van der Waals surface area contributed by atoms with Crippen LogP contribution in [-0.4, -0.2) is 92.8 Å². The highest BCUT2D eigenvalue weighted by atomic mass is 79.9. The molecular formula is C41H55BrF2N6O6S2Si. The number of nitrogens with zero attached hydrogens (tertiary/aromatic N) is 4. The number of likely N-dealkylation sites (tertiary alicyclic amines) is 1. The summed E-state index contributed by atoms with van der Waals surface area (Å²) in [4.78, 5) is 51.2. The van der Waals surface area contributed by atoms with E-state index in [1.165, 1.54) is 34.9 Å². The SMILES string of the molecule is CC(C)(C)OC(=O)N(COCC[Si](C)(C)C)C1=N[C@](C)(c2cc(Br)ccc2F)[C@@H]2C[C@]2(C(=O)O)S1.C[C@]1(c2cc(N)ccc2F)N=C(N)S[C@@]2(C(=O)N3CCCC3)C[C@H]21. The predicted molar refractivity (Wildman–Crippen MR) is 236 cm³/mol. The van der Waals surface area contributed by atoms with Crippen molar-refractivity contribution >= 4 is 81.5 Å². The largest absolute Gasteiger partial charge is 0.480 e. The monoisotopic (exact) mass is 936 g/mol. The maximum Gasteiger partial charge on any atom is 0.418 e. The van der Waals surface area contributed by atoms with E-state index in [-0.39, 0.29) is 35.1 Å². The number of amidine groups is 2. The third-order valence-electron chi connectivity index (χ3n) is 11.6. The van der Waals surface area contributed by atoms with Gasteiger partial charge in [-0.2, -0.15) is 0 Å². The second kappa shape index (κ2) is 16.3. The number of thioether (sulfide) groups is 2. The van der Waals surface area contributed by atoms with Crippen LogP contribution in [0.25, 0.3) is 0 Å². The van der Waals surface area contributed by atoms with Gasteiger partial charge in [0, 0.05) is 60.9 Å². The standard InChI is InChI=1S/C24H34BrFN2O5SSi.C17H21FN4OS/c1-22(2,3)33-21(31)28(14-32-10-11-35(5,6)7)20-27-23(4,16-12-15(25)8-9-17(16)26)18-13-24(18,34-20)19(29)30;1-16(11-8-10(19)4-5-12(11)18)13-9-17(13,24-15(20)21-16)14(23)22-6-2-3-7-22/h8-9,12,18H,10-11,13-14H2,1-7H3,(H,29,30);4-5,8,13H,2-3,6-7,9,19H2,1H3,(H2,20,21)/t18-,23+,24-;13-,16+,17-/m00/s1. The summed E-state index contributed by atoms with van der Waals surface area (Å²) < 4.78 is 39.8. The minimum absolute atomic E-state index is 0.0632. The zero-order chi connectivity index (χ0) is 43.5. The Morgan fingerprint density at radius 2 is 1.53 bits per heavy atom. The number of aliphatic carboxylic acids is 1. The number of aliphatic imine (C=N–C) groups is 2. The molecule has 59 heavy (non-hydrogen) atoms. The molecule has 3 aliphatic heterocycles. The maximum absolute atomic E-state index is 15.0. The topological polar surface area (TPSA) is 173 Å². The van der Waals surface area contributed by atoms with Gasteiger partial charge in [0.05, 0.1) is 11.1 Å². The molecule has 0 bridgehead atoms. The number of hydrogen-bond acceptors (Lipinski definition) is 11. The summed E-state index contributed by atoms with van der Waals surface area (Å²) in [5, 5.41) is 10.6. The predicted octanol–water partition coefficient (Wildman–Crippen LogP) is 8.36. The number of anilines is 1. The van der Waals surface area contributed by atoms with E-state index in [1.807, 2.05) is 11.8 Å². The van der Waals surface area contributed by atoms with Gasteiger partial charge in [0.1, 0.15) is 33.5 Å². The van der Waals surface area contributed by atoms with E-state index < -0.39 is 58.0 Å². The van der Waals surface area contributed by atoms with Gasteiger partial charge in [-0.05, 0) is 103 Å². The number of carbonyl (C=O) groups is 3. The molecule has 2 aliphatic carbocycles. The molecule has 2 aromatic rings. The van der Waals surface area contributed by atoms with Crippen LogP contribution in [0.1, 0.15) is 71.4 Å². The lowest BCUT2D eigenvalue weighted by Crippen LogP contribution is -2.47. The molecule has 322 valence electrons. The average molecular weight is 938 g/mol. The van der Waals surface area contributed by atoms with Gasteiger partial charge in [-0.3, -0.25) is 19.6 Å². The third kappa shape index (κ3) is 9.21. The van der Waals surface area contributed by atoms with E-state index in [0.29, 0.717) is 40.3 Å². The van der Waals surface area contributed by atoms with Crippen LogP contribution in [-0.2, 0) is 30.1 Å². The van der Waals surface area contributed by atoms with Crippen molar-refractivity contribution in [3.05, 3.63) is 63.6 Å². The highest BCUT2D eigenvalue weighted by Gasteiger charge is 2.73. The lowest BCUT2D eigenvalue weighted by Gasteiger charge is -2.37. The molecule has 3 heterocycles. The molecule has 0 unspecified atom stereocenters. The number of carboxylic acid groups (broad SMARTS) is 1. The summed E-state index contributed by atoms with van der Waals surface area (Å²) in [6.45, 7) is 17.4. The molecule has 12 nitrogen and oxygen atoms in total. The second-order valence-corrected chi connectivity index (χ2v) is 27.7. The molecule has 2 amide bonds. The number of ether oxygens (including phenoxy) is 2. The Kier molecular flexibility index (Phi) is 12.5. The van der Waals surface area contributed by atoms with Crippen LogP contribution in [0.5, 0.6) is 0 Å². The van der Waals surface area contributed by atoms with E-state index in [9.17, 15) is 23.9 Å². The van der Waals surface area contributed by atoms with E-state index in [1.54, 1.807) is 45.9 Å². The molecule has 2 saturated carbocycles. The van der Waals surface area contributed by atoms with E-state index >= 15 is 4.39 Å². The van der Waals surface area contributed by atoms with Crippen molar-refractivity contribution in [2.75, 3.05) is 32.2 Å². The van der Waals surface area contributed by atoms with Crippen molar-refractivity contribution < 1.29 is 37.7 Å². The van der Waals surface area contributed by atoms with Gasteiger partial charge in [-0.15, -0.1) is 0 Å². The second-order valence-electron chi connectivity index (χ2n) is 18.6. The first-order valence-corrected chi connectivity index (χ1v) is 25.9. The summed E-state index contributed by atoms with van der Waals surface area (Å²) in [5.41, 5.74) is 10.3. The molecular weight excluding hydrogens is 883 g/mol. The molecule has 3 fully saturated rings. The van der Waals surface area contributed by atoms with Crippen LogP contribution in [0.3, 0.4) is 0 Å². The van der Waals surface area contributed by atoms with Gasteiger partial charge >= 0.3 is 12.1 Å². The summed E-state index contributed by atoms with van der Waals surface area (Å²) in [5.74, 6) is -2.21. The molecule has 18 heteroatoms. The van der Waals surface area contributed by atoms with Gasteiger partial charge in [-0.1, -0.05) is 59.1 Å². The highest BCUT2D eigenvalue weighted by molar-refractivity contribution is 9.10. The fourth-order valence-corrected chi connectivity index (χ4v) is 12.3. The van der Waals surface area contributed by atoms with E-state index in [4.69, 9.17) is 25.9 Å². The Balaban J connectivity index is 0.000000211. The summed E-state index contributed by atoms with van der Waals surface area (Å²) >= 11 is 5.75. The van der Waals surface area contributed by atoms with Gasteiger partial charge in [0.15, 0.2) is 10.3 Å². The number of amides is 2. The van der Waals surface area contributed by atoms with Gasteiger partial charge in [-0.25, -0.2) is 18.5 Å². The number of nitrogens with two attached hydrogens (primary N) is 2. The fourth-order valence-electron chi connectivity index (χ4n) is 8.21. The lowest BCUT2D eigenvalue weighted by molar-refractivity contribution is -0.137. The molecule has 7 rings (SSSR count). The van der Waals surface area contributed by atoms with Crippen molar-refractivity contribution in [1.82, 2.24) is 9.80 Å². The van der Waals surface area contributed by atoms with Crippen LogP contribution >= 0.6 is 39.5 Å².